The molecular weight excluding hydrogens is 478 g/mol. The molecular formula is C31H29N3O4. The van der Waals surface area contributed by atoms with Crippen LogP contribution in [0.5, 0.6) is 5.75 Å². The van der Waals surface area contributed by atoms with Gasteiger partial charge in [-0.1, -0.05) is 36.1 Å². The molecule has 4 aromatic rings. The molecule has 38 heavy (non-hydrogen) atoms. The van der Waals surface area contributed by atoms with Crippen molar-refractivity contribution in [2.24, 2.45) is 5.73 Å². The Morgan fingerprint density at radius 3 is 2.66 bits per heavy atom. The van der Waals surface area contributed by atoms with E-state index in [2.05, 4.69) is 22.1 Å². The van der Waals surface area contributed by atoms with Gasteiger partial charge in [0.05, 0.1) is 18.3 Å². The third-order valence-corrected chi connectivity index (χ3v) is 6.68. The number of para-hydroxylation sites is 1. The number of aliphatic hydroxyl groups is 1. The molecule has 192 valence electrons. The molecule has 5 rings (SSSR count). The minimum atomic E-state index is -0.636. The number of amides is 2. The van der Waals surface area contributed by atoms with E-state index >= 15 is 0 Å². The first-order valence-electron chi connectivity index (χ1n) is 12.6. The molecule has 1 aliphatic rings. The standard InChI is InChI=1S/C31H29N3O4/c1-18(2)38-29-25(23(17-35)14-22-16-33-28-6-4-3-5-24(22)28)12-20(13-27(29)30(32)36)8-7-19-9-10-21-15-34-31(37)26(21)11-19/h3-6,9-13,16,18,23,33,35H,14-15,17H2,1-2H3,(H2,32,36)(H,34,37)/t23-/m0/s1. The maximum atomic E-state index is 12.5. The minimum absolute atomic E-state index is 0.111. The Balaban J connectivity index is 1.58. The normalized spacial score (nSPS) is 13.1. The fraction of sp³-hybridized carbons (Fsp3) is 0.226. The zero-order valence-corrected chi connectivity index (χ0v) is 21.3. The van der Waals surface area contributed by atoms with E-state index in [0.29, 0.717) is 41.0 Å². The fourth-order valence-corrected chi connectivity index (χ4v) is 4.85. The number of primary amides is 1. The maximum Gasteiger partial charge on any atom is 0.252 e. The number of fused-ring (bicyclic) bond motifs is 2. The average molecular weight is 508 g/mol. The number of aromatic nitrogens is 1. The molecule has 1 aliphatic heterocycles. The Kier molecular flexibility index (Phi) is 6.91. The van der Waals surface area contributed by atoms with Crippen LogP contribution in [0.2, 0.25) is 0 Å². The van der Waals surface area contributed by atoms with Crippen molar-refractivity contribution in [1.82, 2.24) is 10.3 Å². The summed E-state index contributed by atoms with van der Waals surface area (Å²) in [5.41, 5.74) is 11.5. The molecule has 3 aromatic carbocycles. The molecule has 7 nitrogen and oxygen atoms in total. The van der Waals surface area contributed by atoms with Crippen LogP contribution in [-0.2, 0) is 13.0 Å². The predicted octanol–water partition coefficient (Wildman–Crippen LogP) is 4.02. The fourth-order valence-electron chi connectivity index (χ4n) is 4.85. The zero-order valence-electron chi connectivity index (χ0n) is 21.3. The number of nitrogens with two attached hydrogens (primary N) is 1. The number of aromatic amines is 1. The van der Waals surface area contributed by atoms with Gasteiger partial charge in [0, 0.05) is 51.8 Å². The van der Waals surface area contributed by atoms with Crippen LogP contribution in [0.4, 0.5) is 0 Å². The second-order valence-electron chi connectivity index (χ2n) is 9.72. The van der Waals surface area contributed by atoms with Crippen molar-refractivity contribution in [3.63, 3.8) is 0 Å². The summed E-state index contributed by atoms with van der Waals surface area (Å²) >= 11 is 0. The first kappa shape index (κ1) is 25.1. The highest BCUT2D eigenvalue weighted by Gasteiger charge is 2.24. The Morgan fingerprint density at radius 1 is 1.11 bits per heavy atom. The van der Waals surface area contributed by atoms with Crippen molar-refractivity contribution >= 4 is 22.7 Å². The molecule has 0 aliphatic carbocycles. The highest BCUT2D eigenvalue weighted by Crippen LogP contribution is 2.36. The Morgan fingerprint density at radius 2 is 1.89 bits per heavy atom. The van der Waals surface area contributed by atoms with E-state index in [1.165, 1.54) is 0 Å². The van der Waals surface area contributed by atoms with Crippen molar-refractivity contribution < 1.29 is 19.4 Å². The maximum absolute atomic E-state index is 12.5. The highest BCUT2D eigenvalue weighted by atomic mass is 16.5. The number of carbonyl (C=O) groups is 2. The van der Waals surface area contributed by atoms with Gasteiger partial charge in [-0.15, -0.1) is 0 Å². The Hall–Kier alpha value is -4.54. The van der Waals surface area contributed by atoms with E-state index in [1.807, 2.05) is 62.5 Å². The molecule has 0 bridgehead atoms. The summed E-state index contributed by atoms with van der Waals surface area (Å²) in [7, 11) is 0. The van der Waals surface area contributed by atoms with Gasteiger partial charge in [0.15, 0.2) is 0 Å². The van der Waals surface area contributed by atoms with E-state index in [4.69, 9.17) is 10.5 Å². The van der Waals surface area contributed by atoms with Gasteiger partial charge in [-0.3, -0.25) is 9.59 Å². The van der Waals surface area contributed by atoms with Crippen molar-refractivity contribution in [3.8, 4) is 17.6 Å². The molecule has 0 spiro atoms. The molecule has 1 aromatic heterocycles. The third-order valence-electron chi connectivity index (χ3n) is 6.68. The molecule has 0 fully saturated rings. The number of ether oxygens (including phenoxy) is 1. The molecule has 5 N–H and O–H groups in total. The SMILES string of the molecule is CC(C)Oc1c(C(N)=O)cc(C#Cc2ccc3c(c2)C(=O)NC3)cc1[C@H](CO)Cc1c[nH]c2ccccc12. The lowest BCUT2D eigenvalue weighted by Gasteiger charge is -2.23. The van der Waals surface area contributed by atoms with E-state index in [9.17, 15) is 14.7 Å². The lowest BCUT2D eigenvalue weighted by molar-refractivity contribution is 0.0963. The zero-order chi connectivity index (χ0) is 26.8. The molecule has 2 amide bonds. The van der Waals surface area contributed by atoms with Gasteiger partial charge in [-0.2, -0.15) is 0 Å². The predicted molar refractivity (Wildman–Crippen MR) is 146 cm³/mol. The van der Waals surface area contributed by atoms with E-state index in [1.54, 1.807) is 12.1 Å². The van der Waals surface area contributed by atoms with Gasteiger partial charge in [-0.25, -0.2) is 0 Å². The minimum Gasteiger partial charge on any atom is -0.490 e. The van der Waals surface area contributed by atoms with Crippen molar-refractivity contribution in [1.29, 1.82) is 0 Å². The van der Waals surface area contributed by atoms with Crippen LogP contribution in [0.15, 0.2) is 60.8 Å². The summed E-state index contributed by atoms with van der Waals surface area (Å²) in [6.45, 7) is 4.10. The van der Waals surface area contributed by atoms with Crippen molar-refractivity contribution in [2.75, 3.05) is 6.61 Å². The van der Waals surface area contributed by atoms with Crippen LogP contribution in [0.25, 0.3) is 10.9 Å². The number of hydrogen-bond acceptors (Lipinski definition) is 4. The van der Waals surface area contributed by atoms with Gasteiger partial charge >= 0.3 is 0 Å². The molecule has 0 radical (unpaired) electrons. The van der Waals surface area contributed by atoms with Crippen LogP contribution in [0, 0.1) is 11.8 Å². The van der Waals surface area contributed by atoms with Gasteiger partial charge in [0.1, 0.15) is 5.75 Å². The Labute approximate surface area is 221 Å². The van der Waals surface area contributed by atoms with Gasteiger partial charge < -0.3 is 25.9 Å². The molecule has 0 saturated carbocycles. The molecule has 0 unspecified atom stereocenters. The number of nitrogens with one attached hydrogen (secondary N) is 2. The van der Waals surface area contributed by atoms with Crippen LogP contribution in [0.3, 0.4) is 0 Å². The van der Waals surface area contributed by atoms with Gasteiger partial charge in [-0.05, 0) is 61.7 Å². The highest BCUT2D eigenvalue weighted by molar-refractivity contribution is 5.98. The second kappa shape index (κ2) is 10.4. The van der Waals surface area contributed by atoms with Crippen LogP contribution in [0.1, 0.15) is 68.3 Å². The van der Waals surface area contributed by atoms with Gasteiger partial charge in [0.2, 0.25) is 0 Å². The number of carbonyl (C=O) groups excluding carboxylic acids is 2. The van der Waals surface area contributed by atoms with Crippen LogP contribution < -0.4 is 15.8 Å². The van der Waals surface area contributed by atoms with E-state index in [0.717, 1.165) is 22.0 Å². The number of H-pyrrole nitrogens is 1. The molecule has 2 heterocycles. The van der Waals surface area contributed by atoms with E-state index in [-0.39, 0.29) is 30.1 Å². The topological polar surface area (TPSA) is 117 Å². The molecule has 1 atom stereocenters. The van der Waals surface area contributed by atoms with Crippen molar-refractivity contribution in [3.05, 3.63) is 99.7 Å². The monoisotopic (exact) mass is 507 g/mol. The van der Waals surface area contributed by atoms with Crippen LogP contribution in [-0.4, -0.2) is 34.6 Å². The summed E-state index contributed by atoms with van der Waals surface area (Å²) in [5, 5.41) is 14.4. The summed E-state index contributed by atoms with van der Waals surface area (Å²) in [6, 6.07) is 17.0. The van der Waals surface area contributed by atoms with E-state index < -0.39 is 5.91 Å². The number of rotatable bonds is 7. The van der Waals surface area contributed by atoms with Gasteiger partial charge in [0.25, 0.3) is 11.8 Å². The van der Waals surface area contributed by atoms with Crippen molar-refractivity contribution in [2.45, 2.75) is 38.8 Å². The molecule has 7 heteroatoms. The first-order chi connectivity index (χ1) is 18.3. The smallest absolute Gasteiger partial charge is 0.252 e. The number of aliphatic hydroxyl groups excluding tert-OH is 1. The Bertz CT molecular complexity index is 1610. The summed E-state index contributed by atoms with van der Waals surface area (Å²) in [4.78, 5) is 27.9. The number of hydrogen-bond donors (Lipinski definition) is 4. The largest absolute Gasteiger partial charge is 0.490 e. The average Bonchev–Trinajstić information content (AvgIpc) is 3.49. The summed E-state index contributed by atoms with van der Waals surface area (Å²) in [6.07, 6.45) is 2.25. The number of benzene rings is 3. The third kappa shape index (κ3) is 4.99. The second-order valence-corrected chi connectivity index (χ2v) is 9.72. The lowest BCUT2D eigenvalue weighted by Crippen LogP contribution is -2.19. The lowest BCUT2D eigenvalue weighted by atomic mass is 9.88. The first-order valence-corrected chi connectivity index (χ1v) is 12.6. The molecule has 0 saturated heterocycles. The summed E-state index contributed by atoms with van der Waals surface area (Å²) < 4.78 is 6.09. The summed E-state index contributed by atoms with van der Waals surface area (Å²) in [5.74, 6) is 5.47. The quantitative estimate of drug-likeness (QED) is 0.283. The van der Waals surface area contributed by atoms with Crippen LogP contribution >= 0.6 is 0 Å².